The zero-order chi connectivity index (χ0) is 23.0. The summed E-state index contributed by atoms with van der Waals surface area (Å²) in [6, 6.07) is 9.08. The first-order chi connectivity index (χ1) is 15.9. The second-order valence-corrected chi connectivity index (χ2v) is 8.31. The van der Waals surface area contributed by atoms with Crippen molar-refractivity contribution in [1.82, 2.24) is 15.6 Å². The lowest BCUT2D eigenvalue weighted by Gasteiger charge is -2.17. The molecule has 1 aliphatic heterocycles. The number of rotatable bonds is 6. The second-order valence-electron chi connectivity index (χ2n) is 8.31. The van der Waals surface area contributed by atoms with Gasteiger partial charge in [0.2, 0.25) is 5.82 Å². The minimum absolute atomic E-state index is 0.132. The molecule has 33 heavy (non-hydrogen) atoms. The van der Waals surface area contributed by atoms with Crippen LogP contribution in [0.2, 0.25) is 0 Å². The number of nitrogens with one attached hydrogen (secondary N) is 1. The van der Waals surface area contributed by atoms with Crippen molar-refractivity contribution >= 4 is 5.70 Å². The van der Waals surface area contributed by atoms with E-state index in [1.807, 2.05) is 24.3 Å². The maximum absolute atomic E-state index is 13.6. The van der Waals surface area contributed by atoms with E-state index in [1.165, 1.54) is 18.9 Å². The third kappa shape index (κ3) is 4.16. The molecule has 0 saturated heterocycles. The van der Waals surface area contributed by atoms with Crippen molar-refractivity contribution < 1.29 is 27.6 Å². The molecule has 1 aromatic heterocycles. The molecule has 1 aliphatic carbocycles. The van der Waals surface area contributed by atoms with E-state index in [0.29, 0.717) is 22.8 Å². The van der Waals surface area contributed by atoms with Gasteiger partial charge in [-0.05, 0) is 75.1 Å². The van der Waals surface area contributed by atoms with Gasteiger partial charge in [0.15, 0.2) is 28.7 Å². The Kier molecular flexibility index (Phi) is 5.49. The average Bonchev–Trinajstić information content (AvgIpc) is 3.57. The van der Waals surface area contributed by atoms with E-state index in [2.05, 4.69) is 15.6 Å². The Bertz CT molecular complexity index is 1210. The molecule has 1 fully saturated rings. The fraction of sp³-hybridized carbons (Fsp3) is 0.333. The molecule has 7 nitrogen and oxygen atoms in total. The molecule has 172 valence electrons. The molecule has 1 saturated carbocycles. The maximum atomic E-state index is 13.6. The van der Waals surface area contributed by atoms with Crippen molar-refractivity contribution in [3.8, 4) is 22.9 Å². The summed E-state index contributed by atoms with van der Waals surface area (Å²) in [5.41, 5.74) is 3.69. The molecule has 2 aromatic carbocycles. The van der Waals surface area contributed by atoms with Crippen LogP contribution in [0.25, 0.3) is 17.1 Å². The Hall–Kier alpha value is -3.46. The Labute approximate surface area is 189 Å². The zero-order valence-corrected chi connectivity index (χ0v) is 18.2. The first kappa shape index (κ1) is 21.4. The highest BCUT2D eigenvalue weighted by Gasteiger charge is 2.38. The van der Waals surface area contributed by atoms with Crippen LogP contribution in [0.4, 0.5) is 8.78 Å². The van der Waals surface area contributed by atoms with Crippen molar-refractivity contribution in [2.75, 3.05) is 7.11 Å². The number of methoxy groups -OCH3 is 1. The first-order valence-electron chi connectivity index (χ1n) is 10.8. The summed E-state index contributed by atoms with van der Waals surface area (Å²) in [6.45, 7) is 1.76. The number of halogens is 2. The molecule has 5 rings (SSSR count). The maximum Gasteiger partial charge on any atom is 0.265 e. The predicted molar refractivity (Wildman–Crippen MR) is 115 cm³/mol. The number of hydrogen-bond donors (Lipinski definition) is 1. The van der Waals surface area contributed by atoms with Crippen LogP contribution >= 0.6 is 0 Å². The van der Waals surface area contributed by atoms with E-state index in [1.54, 1.807) is 14.0 Å². The van der Waals surface area contributed by atoms with Crippen LogP contribution in [0, 0.1) is 11.6 Å². The number of aromatic nitrogens is 2. The second kappa shape index (κ2) is 8.47. The van der Waals surface area contributed by atoms with E-state index in [4.69, 9.17) is 18.8 Å². The van der Waals surface area contributed by atoms with Crippen LogP contribution in [0.3, 0.4) is 0 Å². The molecule has 0 spiro atoms. The summed E-state index contributed by atoms with van der Waals surface area (Å²) < 4.78 is 43.8. The summed E-state index contributed by atoms with van der Waals surface area (Å²) in [4.78, 5) is 10.1. The minimum atomic E-state index is -1.06. The van der Waals surface area contributed by atoms with Gasteiger partial charge in [0.1, 0.15) is 0 Å². The molecule has 2 aliphatic rings. The van der Waals surface area contributed by atoms with E-state index in [-0.39, 0.29) is 17.8 Å². The topological polar surface area (TPSA) is 78.6 Å². The van der Waals surface area contributed by atoms with Gasteiger partial charge in [-0.25, -0.2) is 8.78 Å². The van der Waals surface area contributed by atoms with Gasteiger partial charge in [-0.3, -0.25) is 10.3 Å². The third-order valence-electron chi connectivity index (χ3n) is 5.89. The normalized spacial score (nSPS) is 20.5. The molecule has 1 N–H and O–H groups in total. The molecule has 3 aromatic rings. The van der Waals surface area contributed by atoms with E-state index in [0.717, 1.165) is 30.5 Å². The van der Waals surface area contributed by atoms with Gasteiger partial charge in [-0.2, -0.15) is 4.98 Å². The number of hydrogen-bond acceptors (Lipinski definition) is 7. The Morgan fingerprint density at radius 1 is 1.03 bits per heavy atom. The molecule has 0 bridgehead atoms. The average molecular weight is 455 g/mol. The van der Waals surface area contributed by atoms with Gasteiger partial charge in [-0.1, -0.05) is 5.16 Å². The Morgan fingerprint density at radius 3 is 2.58 bits per heavy atom. The van der Waals surface area contributed by atoms with Gasteiger partial charge in [0.25, 0.3) is 5.89 Å². The van der Waals surface area contributed by atoms with Crippen molar-refractivity contribution in [2.45, 2.75) is 44.3 Å². The predicted octanol–water partition coefficient (Wildman–Crippen LogP) is 5.14. The summed E-state index contributed by atoms with van der Waals surface area (Å²) in [6.07, 6.45) is 6.41. The molecule has 1 atom stereocenters. The molecule has 9 heteroatoms. The van der Waals surface area contributed by atoms with Crippen LogP contribution in [0.1, 0.15) is 44.1 Å². The summed E-state index contributed by atoms with van der Waals surface area (Å²) in [5.74, 6) is -0.284. The van der Waals surface area contributed by atoms with Crippen molar-refractivity contribution in [2.24, 2.45) is 0 Å². The Morgan fingerprint density at radius 2 is 1.82 bits per heavy atom. The van der Waals surface area contributed by atoms with Crippen molar-refractivity contribution in [3.63, 3.8) is 0 Å². The first-order valence-corrected chi connectivity index (χ1v) is 10.8. The molecule has 0 radical (unpaired) electrons. The van der Waals surface area contributed by atoms with Crippen LogP contribution < -0.4 is 15.0 Å². The highest BCUT2D eigenvalue weighted by molar-refractivity contribution is 5.68. The lowest BCUT2D eigenvalue weighted by atomic mass is 10.0. The van der Waals surface area contributed by atoms with Crippen LogP contribution in [0.5, 0.6) is 11.5 Å². The molecule has 0 amide bonds. The van der Waals surface area contributed by atoms with E-state index in [9.17, 15) is 8.78 Å². The molecule has 2 heterocycles. The quantitative estimate of drug-likeness (QED) is 0.552. The smallest absolute Gasteiger partial charge is 0.265 e. The van der Waals surface area contributed by atoms with Gasteiger partial charge in [-0.15, -0.1) is 0 Å². The van der Waals surface area contributed by atoms with Gasteiger partial charge in [0, 0.05) is 11.1 Å². The van der Waals surface area contributed by atoms with E-state index >= 15 is 0 Å². The zero-order valence-electron chi connectivity index (χ0n) is 18.2. The third-order valence-corrected chi connectivity index (χ3v) is 5.89. The highest BCUT2D eigenvalue weighted by atomic mass is 19.2. The lowest BCUT2D eigenvalue weighted by molar-refractivity contribution is -0.0445. The highest BCUT2D eigenvalue weighted by Crippen LogP contribution is 2.38. The Balaban J connectivity index is 1.41. The van der Waals surface area contributed by atoms with Crippen molar-refractivity contribution in [3.05, 3.63) is 65.6 Å². The molecular formula is C24H23F2N3O4. The summed E-state index contributed by atoms with van der Waals surface area (Å²) >= 11 is 0. The van der Waals surface area contributed by atoms with Crippen molar-refractivity contribution in [1.29, 1.82) is 0 Å². The van der Waals surface area contributed by atoms with Gasteiger partial charge in [0.05, 0.1) is 18.9 Å². The largest absolute Gasteiger partial charge is 0.493 e. The van der Waals surface area contributed by atoms with Crippen LogP contribution in [-0.2, 0) is 10.4 Å². The lowest BCUT2D eigenvalue weighted by Crippen LogP contribution is -2.23. The standard InChI is InChI=1S/C24H23F2N3O4/c1-24(23-27-22(29-32-23)15-7-9-17(25)18(26)11-15)13-19(28-33-24)14-8-10-20(30-2)21(12-14)31-16-5-3-4-6-16/h7-13,16,28H,3-6H2,1-2H3. The van der Waals surface area contributed by atoms with E-state index < -0.39 is 17.2 Å². The summed E-state index contributed by atoms with van der Waals surface area (Å²) in [7, 11) is 1.62. The summed E-state index contributed by atoms with van der Waals surface area (Å²) in [5, 5.41) is 3.89. The van der Waals surface area contributed by atoms with Gasteiger partial charge < -0.3 is 14.0 Å². The monoisotopic (exact) mass is 455 g/mol. The van der Waals surface area contributed by atoms with Gasteiger partial charge >= 0.3 is 0 Å². The fourth-order valence-electron chi connectivity index (χ4n) is 4.04. The number of ether oxygens (including phenoxy) is 2. The number of benzene rings is 2. The van der Waals surface area contributed by atoms with Crippen LogP contribution in [0.15, 0.2) is 47.0 Å². The minimum Gasteiger partial charge on any atom is -0.493 e. The molecule has 1 unspecified atom stereocenters. The van der Waals surface area contributed by atoms with Crippen LogP contribution in [-0.4, -0.2) is 23.4 Å². The number of hydroxylamine groups is 1. The molecular weight excluding hydrogens is 432 g/mol. The fourth-order valence-corrected chi connectivity index (χ4v) is 4.04. The SMILES string of the molecule is COc1ccc(C2=CC(C)(c3nc(-c4ccc(F)c(F)c4)no3)ON2)cc1OC1CCCC1. The number of nitrogens with zero attached hydrogens (tertiary/aromatic N) is 2.